The fourth-order valence-corrected chi connectivity index (χ4v) is 1.57. The van der Waals surface area contributed by atoms with Crippen LogP contribution >= 0.6 is 7.75 Å². The Kier molecular flexibility index (Phi) is 1.35. The highest BCUT2D eigenvalue weighted by Gasteiger charge is 2.38. The average Bonchev–Trinajstić information content (AvgIpc) is 1.79. The molecule has 1 rings (SSSR count). The lowest BCUT2D eigenvalue weighted by molar-refractivity contribution is -0.133. The molecule has 1 saturated heterocycles. The van der Waals surface area contributed by atoms with Gasteiger partial charge in [-0.05, 0) is 6.92 Å². The second kappa shape index (κ2) is 1.80. The van der Waals surface area contributed by atoms with Crippen LogP contribution in [-0.2, 0) is 13.9 Å². The number of carbonyl (C=O) groups excluding carboxylic acids is 1. The molecule has 2 atom stereocenters. The van der Waals surface area contributed by atoms with E-state index in [0.717, 1.165) is 0 Å². The van der Waals surface area contributed by atoms with Crippen LogP contribution in [0.4, 0.5) is 0 Å². The molecule has 6 heteroatoms. The highest BCUT2D eigenvalue weighted by Crippen LogP contribution is 2.42. The zero-order valence-corrected chi connectivity index (χ0v) is 5.59. The van der Waals surface area contributed by atoms with Crippen LogP contribution in [0.2, 0.25) is 0 Å². The molecule has 1 heterocycles. The van der Waals surface area contributed by atoms with E-state index in [-0.39, 0.29) is 0 Å². The largest absolute Gasteiger partial charge is 0.459 e. The Morgan fingerprint density at radius 1 is 1.89 bits per heavy atom. The highest BCUT2D eigenvalue weighted by atomic mass is 31.2. The lowest BCUT2D eigenvalue weighted by atomic mass is 10.4. The van der Waals surface area contributed by atoms with Gasteiger partial charge in [-0.2, -0.15) is 5.09 Å². The van der Waals surface area contributed by atoms with Crippen molar-refractivity contribution in [2.24, 2.45) is 0 Å². The van der Waals surface area contributed by atoms with E-state index < -0.39 is 19.8 Å². The van der Waals surface area contributed by atoms with Gasteiger partial charge in [0.2, 0.25) is 0 Å². The van der Waals surface area contributed by atoms with Crippen LogP contribution < -0.4 is 5.09 Å². The summed E-state index contributed by atoms with van der Waals surface area (Å²) in [7, 11) is -3.76. The minimum Gasteiger partial charge on any atom is -0.379 e. The summed E-state index contributed by atoms with van der Waals surface area (Å²) in [5.41, 5.74) is 0. The maximum absolute atomic E-state index is 10.4. The molecule has 5 nitrogen and oxygen atoms in total. The Bertz CT molecular complexity index is 190. The fourth-order valence-electron chi connectivity index (χ4n) is 0.525. The molecule has 0 bridgehead atoms. The van der Waals surface area contributed by atoms with E-state index in [2.05, 4.69) is 9.61 Å². The van der Waals surface area contributed by atoms with Crippen LogP contribution in [0.1, 0.15) is 6.92 Å². The Morgan fingerprint density at radius 3 is 2.56 bits per heavy atom. The van der Waals surface area contributed by atoms with Gasteiger partial charge in [0, 0.05) is 0 Å². The molecule has 52 valence electrons. The first-order chi connectivity index (χ1) is 4.01. The Hall–Kier alpha value is -0.380. The van der Waals surface area contributed by atoms with Crippen LogP contribution in [-0.4, -0.2) is 16.9 Å². The minimum atomic E-state index is -3.76. The van der Waals surface area contributed by atoms with Crippen molar-refractivity contribution >= 4 is 13.7 Å². The quantitative estimate of drug-likeness (QED) is 0.461. The summed E-state index contributed by atoms with van der Waals surface area (Å²) in [4.78, 5) is 18.9. The summed E-state index contributed by atoms with van der Waals surface area (Å²) >= 11 is 0. The van der Waals surface area contributed by atoms with Crippen LogP contribution in [0.25, 0.3) is 0 Å². The summed E-state index contributed by atoms with van der Waals surface area (Å²) < 4.78 is 14.5. The highest BCUT2D eigenvalue weighted by molar-refractivity contribution is 7.51. The normalized spacial score (nSPS) is 42.9. The smallest absolute Gasteiger partial charge is 0.379 e. The lowest BCUT2D eigenvalue weighted by Crippen LogP contribution is -2.20. The molecule has 0 aliphatic carbocycles. The van der Waals surface area contributed by atoms with Crippen molar-refractivity contribution in [2.45, 2.75) is 13.0 Å². The number of hydrogen-bond acceptors (Lipinski definition) is 3. The van der Waals surface area contributed by atoms with Crippen molar-refractivity contribution in [3.8, 4) is 0 Å². The number of carbonyl (C=O) groups is 1. The topological polar surface area (TPSA) is 75.6 Å². The second-order valence-electron chi connectivity index (χ2n) is 1.78. The van der Waals surface area contributed by atoms with Gasteiger partial charge in [-0.1, -0.05) is 0 Å². The molecule has 1 aliphatic rings. The third-order valence-electron chi connectivity index (χ3n) is 0.924. The number of nitrogens with one attached hydrogen (secondary N) is 1. The van der Waals surface area contributed by atoms with E-state index >= 15 is 0 Å². The van der Waals surface area contributed by atoms with Gasteiger partial charge in [0.05, 0.1) is 0 Å². The standard InChI is InChI=1S/C3H6NO4P/c1-2-3(5)8-9(6,7)4-2/h2H,1H3,(H2,4,6,7). The lowest BCUT2D eigenvalue weighted by Gasteiger charge is -1.96. The van der Waals surface area contributed by atoms with Gasteiger partial charge in [-0.3, -0.25) is 0 Å². The first kappa shape index (κ1) is 6.74. The van der Waals surface area contributed by atoms with Gasteiger partial charge in [0.15, 0.2) is 0 Å². The minimum absolute atomic E-state index is 0.666. The SMILES string of the molecule is CC1NP(=O)(O)OC1=O. The molecule has 9 heavy (non-hydrogen) atoms. The third kappa shape index (κ3) is 1.30. The van der Waals surface area contributed by atoms with E-state index in [1.165, 1.54) is 6.92 Å². The van der Waals surface area contributed by atoms with Crippen molar-refractivity contribution in [2.75, 3.05) is 0 Å². The maximum Gasteiger partial charge on any atom is 0.459 e. The van der Waals surface area contributed by atoms with Crippen molar-refractivity contribution in [1.29, 1.82) is 0 Å². The van der Waals surface area contributed by atoms with Gasteiger partial charge in [0.25, 0.3) is 0 Å². The average molecular weight is 151 g/mol. The van der Waals surface area contributed by atoms with Crippen molar-refractivity contribution in [3.63, 3.8) is 0 Å². The van der Waals surface area contributed by atoms with E-state index in [9.17, 15) is 9.36 Å². The molecule has 0 spiro atoms. The summed E-state index contributed by atoms with van der Waals surface area (Å²) in [5.74, 6) is -0.680. The van der Waals surface area contributed by atoms with Crippen LogP contribution in [0.5, 0.6) is 0 Å². The van der Waals surface area contributed by atoms with Crippen LogP contribution in [0.3, 0.4) is 0 Å². The van der Waals surface area contributed by atoms with Crippen molar-refractivity contribution in [3.05, 3.63) is 0 Å². The van der Waals surface area contributed by atoms with Crippen molar-refractivity contribution < 1.29 is 18.8 Å². The van der Waals surface area contributed by atoms with E-state index in [0.29, 0.717) is 0 Å². The number of rotatable bonds is 0. The molecule has 0 amide bonds. The molecule has 0 aromatic heterocycles. The first-order valence-electron chi connectivity index (χ1n) is 2.35. The molecule has 1 aliphatic heterocycles. The van der Waals surface area contributed by atoms with Gasteiger partial charge < -0.3 is 9.42 Å². The zero-order valence-electron chi connectivity index (χ0n) is 4.70. The molecule has 0 radical (unpaired) electrons. The first-order valence-corrected chi connectivity index (χ1v) is 3.93. The molecule has 1 fully saturated rings. The molecular weight excluding hydrogens is 145 g/mol. The van der Waals surface area contributed by atoms with Crippen LogP contribution in [0.15, 0.2) is 0 Å². The van der Waals surface area contributed by atoms with Gasteiger partial charge in [-0.25, -0.2) is 9.36 Å². The summed E-state index contributed by atoms with van der Waals surface area (Å²) in [6.45, 7) is 1.46. The zero-order chi connectivity index (χ0) is 7.07. The molecule has 2 N–H and O–H groups in total. The molecule has 0 saturated carbocycles. The van der Waals surface area contributed by atoms with Gasteiger partial charge >= 0.3 is 13.7 Å². The Labute approximate surface area is 51.6 Å². The Balaban J connectivity index is 2.77. The number of hydrogen-bond donors (Lipinski definition) is 2. The van der Waals surface area contributed by atoms with Gasteiger partial charge in [-0.15, -0.1) is 0 Å². The molecular formula is C3H6NO4P. The molecule has 0 aromatic carbocycles. The summed E-state index contributed by atoms with van der Waals surface area (Å²) in [6, 6.07) is -0.666. The third-order valence-corrected chi connectivity index (χ3v) is 2.07. The molecule has 2 unspecified atom stereocenters. The summed E-state index contributed by atoms with van der Waals surface area (Å²) in [5, 5.41) is 2.08. The second-order valence-corrected chi connectivity index (χ2v) is 3.26. The van der Waals surface area contributed by atoms with E-state index in [4.69, 9.17) is 4.89 Å². The predicted molar refractivity (Wildman–Crippen MR) is 28.5 cm³/mol. The summed E-state index contributed by atoms with van der Waals surface area (Å²) in [6.07, 6.45) is 0. The van der Waals surface area contributed by atoms with Gasteiger partial charge in [0.1, 0.15) is 6.04 Å². The van der Waals surface area contributed by atoms with E-state index in [1.54, 1.807) is 0 Å². The molecule has 0 aromatic rings. The predicted octanol–water partition coefficient (Wildman–Crippen LogP) is -0.378. The fraction of sp³-hybridized carbons (Fsp3) is 0.667. The van der Waals surface area contributed by atoms with Crippen LogP contribution in [0, 0.1) is 0 Å². The van der Waals surface area contributed by atoms with E-state index in [1.807, 2.05) is 0 Å². The Morgan fingerprint density at radius 2 is 2.44 bits per heavy atom. The monoisotopic (exact) mass is 151 g/mol. The van der Waals surface area contributed by atoms with Crippen molar-refractivity contribution in [1.82, 2.24) is 5.09 Å². The maximum atomic E-state index is 10.4.